The molecule has 0 aliphatic carbocycles. The first kappa shape index (κ1) is 89.8. The van der Waals surface area contributed by atoms with E-state index < -0.39 is 206 Å². The van der Waals surface area contributed by atoms with E-state index in [0.29, 0.717) is 31.3 Å². The topological polar surface area (TPSA) is 682 Å². The normalized spacial score (nSPS) is 15.2. The number of carboxylic acid groups (broad SMARTS) is 1. The number of nitrogens with one attached hydrogen (secondary N) is 13. The van der Waals surface area contributed by atoms with Crippen LogP contribution in [-0.4, -0.2) is 251 Å². The molecule has 40 heteroatoms. The van der Waals surface area contributed by atoms with Crippen LogP contribution < -0.4 is 104 Å². The Kier molecular flexibility index (Phi) is 44.0. The van der Waals surface area contributed by atoms with E-state index in [1.54, 1.807) is 13.8 Å². The lowest BCUT2D eigenvalue weighted by Crippen LogP contribution is -2.62. The number of hydrogen-bond acceptors (Lipinski definition) is 23. The number of nitrogens with two attached hydrogens (primary N) is 6. The summed E-state index contributed by atoms with van der Waals surface area (Å²) in [4.78, 5) is 201. The van der Waals surface area contributed by atoms with Gasteiger partial charge in [-0.05, 0) is 139 Å². The Labute approximate surface area is 573 Å². The summed E-state index contributed by atoms with van der Waals surface area (Å²) in [5.74, 6) is -15.5. The molecule has 0 aliphatic heterocycles. The van der Waals surface area contributed by atoms with Crippen molar-refractivity contribution in [3.63, 3.8) is 0 Å². The molecule has 14 atom stereocenters. The number of aliphatic hydroxyl groups excluding tert-OH is 4. The number of carbonyl (C=O) groups excluding carboxylic acids is 14. The number of carboxylic acids is 1. The van der Waals surface area contributed by atoms with Gasteiger partial charge in [-0.1, -0.05) is 5.57 Å². The molecule has 0 aliphatic rings. The van der Waals surface area contributed by atoms with Crippen molar-refractivity contribution in [2.24, 2.45) is 39.4 Å². The number of carbonyl (C=O) groups is 15. The fourth-order valence-corrected chi connectivity index (χ4v) is 8.74. The average Bonchev–Trinajstić information content (AvgIpc) is 0.877. The van der Waals surface area contributed by atoms with E-state index in [0.717, 1.165) is 20.8 Å². The Bertz CT molecular complexity index is 2770. The van der Waals surface area contributed by atoms with Gasteiger partial charge in [-0.2, -0.15) is 0 Å². The van der Waals surface area contributed by atoms with Gasteiger partial charge >= 0.3 is 5.97 Å². The van der Waals surface area contributed by atoms with Crippen LogP contribution in [0.4, 0.5) is 0 Å². The molecule has 562 valence electrons. The quantitative estimate of drug-likeness (QED) is 0.0116. The lowest BCUT2D eigenvalue weighted by atomic mass is 10.0. The summed E-state index contributed by atoms with van der Waals surface area (Å²) >= 11 is 0. The van der Waals surface area contributed by atoms with Crippen molar-refractivity contribution in [1.82, 2.24) is 69.1 Å². The van der Waals surface area contributed by atoms with Gasteiger partial charge in [0.1, 0.15) is 66.5 Å². The molecule has 0 rings (SSSR count). The van der Waals surface area contributed by atoms with Gasteiger partial charge in [-0.3, -0.25) is 76.9 Å². The third-order valence-corrected chi connectivity index (χ3v) is 14.5. The number of primary amides is 1. The van der Waals surface area contributed by atoms with Gasteiger partial charge < -0.3 is 129 Å². The maximum Gasteiger partial charge on any atom is 0.325 e. The monoisotopic (exact) mass is 1410 g/mol. The molecule has 0 aromatic heterocycles. The maximum atomic E-state index is 14.3. The first-order chi connectivity index (χ1) is 46.4. The predicted molar refractivity (Wildman–Crippen MR) is 355 cm³/mol. The molecule has 0 unspecified atom stereocenters. The summed E-state index contributed by atoms with van der Waals surface area (Å²) in [6, 6.07) is -17.4. The molecule has 30 N–H and O–H groups in total. The number of amides is 14. The lowest BCUT2D eigenvalue weighted by molar-refractivity contribution is -0.141. The predicted octanol–water partition coefficient (Wildman–Crippen LogP) is -10.5. The molecule has 0 saturated heterocycles. The van der Waals surface area contributed by atoms with Crippen LogP contribution in [0.5, 0.6) is 0 Å². The summed E-state index contributed by atoms with van der Waals surface area (Å²) < 4.78 is 0. The molecule has 14 amide bonds. The number of nitrogens with zero attached hydrogens (tertiary/aromatic N) is 1. The first-order valence-electron chi connectivity index (χ1n) is 32.3. The van der Waals surface area contributed by atoms with E-state index in [2.05, 4.69) is 74.1 Å². The molecule has 0 saturated carbocycles. The summed E-state index contributed by atoms with van der Waals surface area (Å²) in [7, 11) is 0. The number of aliphatic hydroxyl groups is 4. The van der Waals surface area contributed by atoms with Crippen molar-refractivity contribution in [3.05, 3.63) is 11.6 Å². The molecule has 0 heterocycles. The highest BCUT2D eigenvalue weighted by Gasteiger charge is 2.37. The van der Waals surface area contributed by atoms with Crippen LogP contribution in [0.15, 0.2) is 16.6 Å². The second-order valence-electron chi connectivity index (χ2n) is 23.7. The number of aliphatic imine (C=N–C) groups is 1. The van der Waals surface area contributed by atoms with Crippen molar-refractivity contribution in [3.8, 4) is 0 Å². The Hall–Kier alpha value is -9.22. The fraction of sp³-hybridized carbons (Fsp3) is 0.695. The largest absolute Gasteiger partial charge is 0.480 e. The third-order valence-electron chi connectivity index (χ3n) is 14.5. The van der Waals surface area contributed by atoms with E-state index in [9.17, 15) is 97.5 Å². The van der Waals surface area contributed by atoms with Crippen LogP contribution in [-0.2, 0) is 71.9 Å². The SMILES string of the molecule is CC(C)=CC(=O)NCCCC[C@H](NC(=O)[C@H](CCCN=C(N)N)NC(=O)[C@H](C)NC(=O)[C@@H](NC(=O)[C@H](CCC(N)=O)NC(=O)[C@H](CCCCN)NC(=O)[C@@H](N)[C@@H](C)O)[C@@H](C)O)C(=O)N[C@@H](CO)C(=O)N[C@H](C(=O)NCC(=O)NCC(=O)N[C@@H](CCCCN)C(=O)N[C@@H](C)C(=O)O)[C@@H](C)O. The smallest absolute Gasteiger partial charge is 0.325 e. The van der Waals surface area contributed by atoms with Gasteiger partial charge in [-0.15, -0.1) is 0 Å². The van der Waals surface area contributed by atoms with Crippen LogP contribution in [0.1, 0.15) is 132 Å². The van der Waals surface area contributed by atoms with Gasteiger partial charge in [0.2, 0.25) is 82.7 Å². The van der Waals surface area contributed by atoms with Gasteiger partial charge in [0, 0.05) is 25.6 Å². The number of rotatable bonds is 50. The van der Waals surface area contributed by atoms with Crippen LogP contribution in [0.25, 0.3) is 0 Å². The summed E-state index contributed by atoms with van der Waals surface area (Å²) in [6.07, 6.45) is -2.93. The van der Waals surface area contributed by atoms with Crippen LogP contribution in [0.3, 0.4) is 0 Å². The number of aliphatic carboxylic acids is 1. The van der Waals surface area contributed by atoms with Gasteiger partial charge in [0.15, 0.2) is 5.96 Å². The minimum Gasteiger partial charge on any atom is -0.480 e. The highest BCUT2D eigenvalue weighted by molar-refractivity contribution is 5.99. The standard InChI is InChI=1S/C59H106N20O20/c1-29(2)25-42(85)66-23-13-10-17-36(52(92)77-40(28-80)54(94)78-46(33(6)82)56(96)69-26-43(86)68-27-44(87)72-35(15-8-11-21-60)49(89)71-31(4)58(98)99)74-51(91)38(18-14-24-67-59(64)65)73-48(88)30(3)70-57(97)47(34(7)83)79-53(93)39(19-20-41(62)84)75-50(90)37(16-9-12-22-61)76-55(95)45(63)32(5)81/h25,30-40,45-47,80-83H,8-24,26-28,60-61,63H2,1-7H3,(H2,62,84)(H,66,85)(H,68,86)(H,69,96)(H,70,97)(H,71,89)(H,72,87)(H,73,88)(H,74,91)(H,75,90)(H,76,95)(H,77,92)(H,78,94)(H,79,93)(H,98,99)(H4,64,65,67)/t30-,31-,32+,33+,34+,35-,36-,37-,38-,39-,40-,45-,46-,47-/m0/s1. The van der Waals surface area contributed by atoms with Crippen molar-refractivity contribution < 1.29 is 97.5 Å². The first-order valence-corrected chi connectivity index (χ1v) is 32.3. The third kappa shape index (κ3) is 37.9. The summed E-state index contributed by atoms with van der Waals surface area (Å²) in [6.45, 7) is 6.94. The number of unbranched alkanes of at least 4 members (excludes halogenated alkanes) is 3. The molecular weight excluding hydrogens is 1310 g/mol. The maximum absolute atomic E-state index is 14.3. The summed E-state index contributed by atoms with van der Waals surface area (Å²) in [5.41, 5.74) is 33.9. The zero-order valence-electron chi connectivity index (χ0n) is 57.1. The molecule has 0 radical (unpaired) electrons. The molecule has 0 bridgehead atoms. The average molecular weight is 1420 g/mol. The van der Waals surface area contributed by atoms with Gasteiger partial charge in [0.25, 0.3) is 0 Å². The molecule has 99 heavy (non-hydrogen) atoms. The van der Waals surface area contributed by atoms with Crippen molar-refractivity contribution >= 4 is 94.6 Å². The number of hydrogen-bond donors (Lipinski definition) is 24. The Morgan fingerprint density at radius 1 is 0.434 bits per heavy atom. The Morgan fingerprint density at radius 2 is 0.848 bits per heavy atom. The zero-order valence-corrected chi connectivity index (χ0v) is 57.1. The highest BCUT2D eigenvalue weighted by Crippen LogP contribution is 2.10. The minimum atomic E-state index is -1.91. The minimum absolute atomic E-state index is 0.0120. The second kappa shape index (κ2) is 48.5. The number of allylic oxidation sites excluding steroid dienone is 1. The van der Waals surface area contributed by atoms with Gasteiger partial charge in [-0.25, -0.2) is 0 Å². The highest BCUT2D eigenvalue weighted by atomic mass is 16.4. The lowest BCUT2D eigenvalue weighted by Gasteiger charge is -2.28. The van der Waals surface area contributed by atoms with E-state index in [1.165, 1.54) is 19.9 Å². The van der Waals surface area contributed by atoms with E-state index >= 15 is 0 Å². The van der Waals surface area contributed by atoms with E-state index in [-0.39, 0.29) is 77.1 Å². The molecular formula is C59H106N20O20. The van der Waals surface area contributed by atoms with Crippen LogP contribution in [0.2, 0.25) is 0 Å². The Balaban J connectivity index is 6.73. The molecule has 0 aromatic carbocycles. The van der Waals surface area contributed by atoms with Crippen molar-refractivity contribution in [2.45, 2.75) is 217 Å². The zero-order chi connectivity index (χ0) is 75.6. The Morgan fingerprint density at radius 3 is 1.31 bits per heavy atom. The second-order valence-corrected chi connectivity index (χ2v) is 23.7. The van der Waals surface area contributed by atoms with E-state index in [4.69, 9.17) is 34.4 Å². The molecule has 40 nitrogen and oxygen atoms in total. The van der Waals surface area contributed by atoms with E-state index in [1.807, 2.05) is 0 Å². The fourth-order valence-electron chi connectivity index (χ4n) is 8.74. The summed E-state index contributed by atoms with van der Waals surface area (Å²) in [5, 5.41) is 81.2. The van der Waals surface area contributed by atoms with Crippen LogP contribution in [0, 0.1) is 0 Å². The number of guanidine groups is 1. The molecule has 0 aromatic rings. The van der Waals surface area contributed by atoms with Crippen LogP contribution >= 0.6 is 0 Å². The molecule has 0 fully saturated rings. The molecule has 0 spiro atoms. The van der Waals surface area contributed by atoms with Gasteiger partial charge in [0.05, 0.1) is 38.0 Å². The van der Waals surface area contributed by atoms with Crippen molar-refractivity contribution in [2.75, 3.05) is 45.9 Å². The van der Waals surface area contributed by atoms with Crippen molar-refractivity contribution in [1.29, 1.82) is 0 Å².